The van der Waals surface area contributed by atoms with Gasteiger partial charge in [-0.15, -0.1) is 11.3 Å². The molecular weight excluding hydrogens is 391 g/mol. The quantitative estimate of drug-likeness (QED) is 0.527. The molecular formula is C19H10ClFN2O3S. The van der Waals surface area contributed by atoms with Crippen LogP contribution in [0.15, 0.2) is 62.6 Å². The van der Waals surface area contributed by atoms with Gasteiger partial charge in [-0.3, -0.25) is 9.59 Å². The second-order valence-corrected chi connectivity index (χ2v) is 6.74. The van der Waals surface area contributed by atoms with Gasteiger partial charge in [-0.2, -0.15) is 0 Å². The van der Waals surface area contributed by atoms with E-state index in [0.29, 0.717) is 5.69 Å². The fraction of sp³-hybridized carbons (Fsp3) is 0. The first-order valence-electron chi connectivity index (χ1n) is 7.75. The number of thiazole rings is 1. The minimum Gasteiger partial charge on any atom is -0.454 e. The van der Waals surface area contributed by atoms with Gasteiger partial charge < -0.3 is 9.73 Å². The molecule has 2 heterocycles. The van der Waals surface area contributed by atoms with Gasteiger partial charge in [0.25, 0.3) is 5.91 Å². The van der Waals surface area contributed by atoms with E-state index in [1.807, 2.05) is 0 Å². The Morgan fingerprint density at radius 2 is 2.07 bits per heavy atom. The number of fused-ring (bicyclic) bond motifs is 1. The summed E-state index contributed by atoms with van der Waals surface area (Å²) in [7, 11) is 0. The summed E-state index contributed by atoms with van der Waals surface area (Å²) in [6, 6.07) is 9.84. The van der Waals surface area contributed by atoms with Crippen molar-refractivity contribution in [2.75, 3.05) is 5.32 Å². The molecule has 0 radical (unpaired) electrons. The highest BCUT2D eigenvalue weighted by molar-refractivity contribution is 7.07. The Balaban J connectivity index is 1.86. The van der Waals surface area contributed by atoms with Crippen LogP contribution in [0.1, 0.15) is 10.5 Å². The second-order valence-electron chi connectivity index (χ2n) is 5.61. The lowest BCUT2D eigenvalue weighted by atomic mass is 10.1. The van der Waals surface area contributed by atoms with Gasteiger partial charge in [-0.25, -0.2) is 9.37 Å². The Hall–Kier alpha value is -3.03. The number of rotatable bonds is 3. The third-order valence-corrected chi connectivity index (χ3v) is 4.78. The van der Waals surface area contributed by atoms with Crippen molar-refractivity contribution >= 4 is 45.5 Å². The highest BCUT2D eigenvalue weighted by Gasteiger charge is 2.16. The molecule has 0 spiro atoms. The van der Waals surface area contributed by atoms with Crippen LogP contribution in [0.25, 0.3) is 22.3 Å². The summed E-state index contributed by atoms with van der Waals surface area (Å²) in [4.78, 5) is 28.8. The smallest absolute Gasteiger partial charge is 0.275 e. The fourth-order valence-electron chi connectivity index (χ4n) is 2.61. The van der Waals surface area contributed by atoms with E-state index < -0.39 is 11.7 Å². The Bertz CT molecular complexity index is 1220. The Morgan fingerprint density at radius 1 is 1.22 bits per heavy atom. The monoisotopic (exact) mass is 400 g/mol. The molecule has 0 saturated carbocycles. The van der Waals surface area contributed by atoms with Crippen molar-refractivity contribution in [1.82, 2.24) is 4.98 Å². The van der Waals surface area contributed by atoms with Gasteiger partial charge in [0.05, 0.1) is 21.6 Å². The van der Waals surface area contributed by atoms with Crippen LogP contribution in [-0.4, -0.2) is 10.9 Å². The Labute approximate surface area is 161 Å². The molecule has 4 aromatic rings. The molecule has 1 amide bonds. The molecule has 1 N–H and O–H groups in total. The summed E-state index contributed by atoms with van der Waals surface area (Å²) in [5, 5.41) is 4.81. The van der Waals surface area contributed by atoms with E-state index in [2.05, 4.69) is 10.3 Å². The third kappa shape index (κ3) is 3.34. The number of nitrogens with zero attached hydrogens (tertiary/aromatic N) is 1. The van der Waals surface area contributed by atoms with E-state index in [1.165, 1.54) is 35.6 Å². The molecule has 8 heteroatoms. The van der Waals surface area contributed by atoms with Crippen LogP contribution < -0.4 is 10.7 Å². The maximum atomic E-state index is 13.6. The first-order chi connectivity index (χ1) is 13.0. The molecule has 0 atom stereocenters. The van der Waals surface area contributed by atoms with E-state index in [0.717, 1.165) is 0 Å². The number of hydrogen-bond acceptors (Lipinski definition) is 5. The SMILES string of the molecule is O=C(Nc1cccc2c(=O)cc(-c3cc(F)ccc3Cl)oc12)c1cscn1. The molecule has 5 nitrogen and oxygen atoms in total. The summed E-state index contributed by atoms with van der Waals surface area (Å²) in [6.07, 6.45) is 0. The minimum atomic E-state index is -0.512. The van der Waals surface area contributed by atoms with E-state index in [9.17, 15) is 14.0 Å². The van der Waals surface area contributed by atoms with Gasteiger partial charge in [-0.05, 0) is 30.3 Å². The maximum Gasteiger partial charge on any atom is 0.275 e. The molecule has 27 heavy (non-hydrogen) atoms. The van der Waals surface area contributed by atoms with Crippen LogP contribution in [0.5, 0.6) is 0 Å². The van der Waals surface area contributed by atoms with Crippen molar-refractivity contribution in [3.63, 3.8) is 0 Å². The van der Waals surface area contributed by atoms with E-state index in [1.54, 1.807) is 29.1 Å². The number of anilines is 1. The summed E-state index contributed by atoms with van der Waals surface area (Å²) in [5.74, 6) is -0.838. The van der Waals surface area contributed by atoms with Gasteiger partial charge in [0.15, 0.2) is 11.0 Å². The van der Waals surface area contributed by atoms with Gasteiger partial charge in [0.1, 0.15) is 17.3 Å². The Morgan fingerprint density at radius 3 is 2.85 bits per heavy atom. The van der Waals surface area contributed by atoms with Crippen molar-refractivity contribution in [1.29, 1.82) is 0 Å². The zero-order valence-corrected chi connectivity index (χ0v) is 15.1. The minimum absolute atomic E-state index is 0.104. The summed E-state index contributed by atoms with van der Waals surface area (Å²) < 4.78 is 19.4. The van der Waals surface area contributed by atoms with Crippen molar-refractivity contribution in [3.8, 4) is 11.3 Å². The van der Waals surface area contributed by atoms with Crippen LogP contribution >= 0.6 is 22.9 Å². The number of nitrogens with one attached hydrogen (secondary N) is 1. The number of carbonyl (C=O) groups excluding carboxylic acids is 1. The van der Waals surface area contributed by atoms with Crippen LogP contribution in [0.3, 0.4) is 0 Å². The van der Waals surface area contributed by atoms with Crippen molar-refractivity contribution in [3.05, 3.63) is 80.1 Å². The molecule has 0 saturated heterocycles. The highest BCUT2D eigenvalue weighted by atomic mass is 35.5. The number of aromatic nitrogens is 1. The first kappa shape index (κ1) is 17.4. The number of amides is 1. The lowest BCUT2D eigenvalue weighted by Crippen LogP contribution is -2.13. The average Bonchev–Trinajstić information content (AvgIpc) is 3.19. The van der Waals surface area contributed by atoms with Gasteiger partial charge in [0.2, 0.25) is 0 Å². The molecule has 0 unspecified atom stereocenters. The predicted octanol–water partition coefficient (Wildman–Crippen LogP) is 4.96. The lowest BCUT2D eigenvalue weighted by molar-refractivity contribution is 0.102. The molecule has 0 fully saturated rings. The van der Waals surface area contributed by atoms with Crippen LogP contribution in [0.2, 0.25) is 5.02 Å². The van der Waals surface area contributed by atoms with E-state index in [-0.39, 0.29) is 38.4 Å². The third-order valence-electron chi connectivity index (χ3n) is 3.86. The number of halogens is 2. The number of benzene rings is 2. The molecule has 0 aliphatic carbocycles. The van der Waals surface area contributed by atoms with Crippen LogP contribution in [-0.2, 0) is 0 Å². The summed E-state index contributed by atoms with van der Waals surface area (Å²) in [6.45, 7) is 0. The van der Waals surface area contributed by atoms with Crippen LogP contribution in [0.4, 0.5) is 10.1 Å². The summed E-state index contributed by atoms with van der Waals surface area (Å²) in [5.41, 5.74) is 2.18. The fourth-order valence-corrected chi connectivity index (χ4v) is 3.35. The zero-order chi connectivity index (χ0) is 19.0. The average molecular weight is 401 g/mol. The zero-order valence-electron chi connectivity index (χ0n) is 13.5. The molecule has 134 valence electrons. The lowest BCUT2D eigenvalue weighted by Gasteiger charge is -2.09. The highest BCUT2D eigenvalue weighted by Crippen LogP contribution is 2.31. The van der Waals surface area contributed by atoms with Crippen molar-refractivity contribution < 1.29 is 13.6 Å². The first-order valence-corrected chi connectivity index (χ1v) is 9.07. The van der Waals surface area contributed by atoms with Gasteiger partial charge >= 0.3 is 0 Å². The van der Waals surface area contributed by atoms with Gasteiger partial charge in [-0.1, -0.05) is 17.7 Å². The molecule has 4 rings (SSSR count). The maximum absolute atomic E-state index is 13.6. The van der Waals surface area contributed by atoms with Crippen molar-refractivity contribution in [2.24, 2.45) is 0 Å². The number of carbonyl (C=O) groups is 1. The number of hydrogen-bond donors (Lipinski definition) is 1. The van der Waals surface area contributed by atoms with E-state index in [4.69, 9.17) is 16.0 Å². The van der Waals surface area contributed by atoms with E-state index >= 15 is 0 Å². The van der Waals surface area contributed by atoms with Crippen LogP contribution in [0, 0.1) is 5.82 Å². The largest absolute Gasteiger partial charge is 0.454 e. The Kier molecular flexibility index (Phi) is 4.47. The molecule has 0 aliphatic rings. The molecule has 2 aromatic heterocycles. The second kappa shape index (κ2) is 6.94. The molecule has 0 aliphatic heterocycles. The topological polar surface area (TPSA) is 72.2 Å². The summed E-state index contributed by atoms with van der Waals surface area (Å²) >= 11 is 7.41. The van der Waals surface area contributed by atoms with Gasteiger partial charge in [0, 0.05) is 17.0 Å². The standard InChI is InChI=1S/C19H10ClFN2O3S/c20-13-5-4-10(21)6-12(13)17-7-16(24)11-2-1-3-14(18(11)26-17)23-19(25)15-8-27-9-22-15/h1-9H,(H,23,25). The predicted molar refractivity (Wildman–Crippen MR) is 103 cm³/mol. The molecule has 2 aromatic carbocycles. The normalized spacial score (nSPS) is 10.9. The number of para-hydroxylation sites is 1. The van der Waals surface area contributed by atoms with Crippen molar-refractivity contribution in [2.45, 2.75) is 0 Å². The molecule has 0 bridgehead atoms.